The quantitative estimate of drug-likeness (QED) is 0.0211. The summed E-state index contributed by atoms with van der Waals surface area (Å²) in [6.45, 7) is 1.71. The number of hydrogen-bond acceptors (Lipinski definition) is 18. The molecule has 3 rings (SSSR count). The van der Waals surface area contributed by atoms with E-state index in [0.717, 1.165) is 44.9 Å². The fourth-order valence-corrected chi connectivity index (χ4v) is 11.0. The third-order valence-corrected chi connectivity index (χ3v) is 16.4. The van der Waals surface area contributed by atoms with Crippen LogP contribution < -0.4 is 5.32 Å². The molecule has 0 aromatic heterocycles. The molecule has 0 aliphatic carbocycles. The monoisotopic (exact) mass is 1190 g/mol. The average molecular weight is 1190 g/mol. The number of aliphatic hydroxyl groups excluding tert-OH is 11. The summed E-state index contributed by atoms with van der Waals surface area (Å²) in [5.74, 6) is -0.287. The highest BCUT2D eigenvalue weighted by Gasteiger charge is 2.53. The van der Waals surface area contributed by atoms with E-state index in [9.17, 15) is 61.0 Å². The molecule has 3 fully saturated rings. The first-order chi connectivity index (χ1) is 40.3. The molecule has 17 unspecified atom stereocenters. The van der Waals surface area contributed by atoms with E-state index in [1.54, 1.807) is 6.08 Å². The molecule has 0 saturated carbocycles. The Morgan fingerprint density at radius 2 is 0.771 bits per heavy atom. The zero-order valence-corrected chi connectivity index (χ0v) is 50.9. The van der Waals surface area contributed by atoms with Crippen LogP contribution >= 0.6 is 0 Å². The number of aliphatic hydroxyl groups is 11. The molecule has 0 spiro atoms. The van der Waals surface area contributed by atoms with E-state index in [1.165, 1.54) is 154 Å². The van der Waals surface area contributed by atoms with Crippen molar-refractivity contribution in [3.8, 4) is 0 Å². The fraction of sp³-hybridized carbons (Fsp3) is 0.891. The van der Waals surface area contributed by atoms with Gasteiger partial charge >= 0.3 is 0 Å². The van der Waals surface area contributed by atoms with Gasteiger partial charge in [0.25, 0.3) is 0 Å². The van der Waals surface area contributed by atoms with E-state index in [2.05, 4.69) is 43.5 Å². The maximum atomic E-state index is 13.4. The van der Waals surface area contributed by atoms with Crippen LogP contribution in [0.4, 0.5) is 0 Å². The lowest BCUT2D eigenvalue weighted by Gasteiger charge is -2.48. The standard InChI is InChI=1S/C64H117NO18/c1-3-5-7-9-11-13-15-17-19-21-23-25-27-29-31-33-35-37-39-41-48(69)47(65-52(70)42-40-38-36-34-32-30-28-26-24-22-20-18-16-14-12-10-8-6-4-2)46-78-62-58(76)55(73)60(50(44-67)80-62)83-64-59(77)56(74)61(51(45-68)81-64)82-63-57(75)54(72)53(71)49(43-66)79-63/h23,25,31,33,39,41,47-51,53-64,66-69,71-77H,3-22,24,26-30,32,34-38,40,42-46H2,1-2H3,(H,65,70)/b25-23+,33-31+,41-39+. The smallest absolute Gasteiger partial charge is 0.220 e. The van der Waals surface area contributed by atoms with E-state index >= 15 is 0 Å². The minimum atomic E-state index is -1.98. The van der Waals surface area contributed by atoms with Gasteiger partial charge in [0.15, 0.2) is 18.9 Å². The first-order valence-electron chi connectivity index (χ1n) is 32.7. The SMILES string of the molecule is CCCCCCCCCCC/C=C/CC/C=C/CC/C=C/C(O)C(COC1OC(CO)C(OC2OC(CO)C(OC3OC(CO)C(O)C(O)C3O)C(O)C2O)C(O)C1O)NC(=O)CCCCCCCCCCCCCCCCCCCCC. The molecular weight excluding hydrogens is 1070 g/mol. The first-order valence-corrected chi connectivity index (χ1v) is 32.7. The number of carbonyl (C=O) groups excluding carboxylic acids is 1. The number of amides is 1. The van der Waals surface area contributed by atoms with Crippen LogP contribution in [0.2, 0.25) is 0 Å². The van der Waals surface area contributed by atoms with Crippen LogP contribution in [-0.2, 0) is 33.2 Å². The van der Waals surface area contributed by atoms with Crippen LogP contribution in [0.3, 0.4) is 0 Å². The van der Waals surface area contributed by atoms with Crippen LogP contribution in [0.1, 0.15) is 232 Å². The number of nitrogens with one attached hydrogen (secondary N) is 1. The summed E-state index contributed by atoms with van der Waals surface area (Å²) >= 11 is 0. The number of allylic oxidation sites excluding steroid dienone is 5. The summed E-state index contributed by atoms with van der Waals surface area (Å²) < 4.78 is 34.3. The zero-order chi connectivity index (χ0) is 60.5. The molecule has 17 atom stereocenters. The average Bonchev–Trinajstić information content (AvgIpc) is 3.35. The summed E-state index contributed by atoms with van der Waals surface area (Å²) in [4.78, 5) is 13.4. The van der Waals surface area contributed by atoms with Gasteiger partial charge in [-0.3, -0.25) is 4.79 Å². The molecule has 0 aromatic carbocycles. The zero-order valence-electron chi connectivity index (χ0n) is 50.9. The molecule has 83 heavy (non-hydrogen) atoms. The molecular formula is C64H117NO18. The third-order valence-electron chi connectivity index (χ3n) is 16.4. The third kappa shape index (κ3) is 30.2. The van der Waals surface area contributed by atoms with E-state index in [4.69, 9.17) is 28.4 Å². The Hall–Kier alpha value is -1.99. The Bertz CT molecular complexity index is 1660. The molecule has 12 N–H and O–H groups in total. The van der Waals surface area contributed by atoms with E-state index in [1.807, 2.05) is 6.08 Å². The number of hydrogen-bond donors (Lipinski definition) is 12. The second-order valence-corrected chi connectivity index (χ2v) is 23.6. The fourth-order valence-electron chi connectivity index (χ4n) is 11.0. The molecule has 1 amide bonds. The summed E-state index contributed by atoms with van der Waals surface area (Å²) in [7, 11) is 0. The maximum Gasteiger partial charge on any atom is 0.220 e. The Morgan fingerprint density at radius 1 is 0.422 bits per heavy atom. The molecule has 0 aromatic rings. The number of rotatable bonds is 49. The van der Waals surface area contributed by atoms with Crippen LogP contribution in [-0.4, -0.2) is 193 Å². The highest BCUT2D eigenvalue weighted by Crippen LogP contribution is 2.33. The van der Waals surface area contributed by atoms with E-state index in [0.29, 0.717) is 12.8 Å². The lowest BCUT2D eigenvalue weighted by atomic mass is 9.96. The molecule has 3 heterocycles. The number of ether oxygens (including phenoxy) is 6. The molecule has 0 bridgehead atoms. The van der Waals surface area contributed by atoms with Crippen molar-refractivity contribution in [2.24, 2.45) is 0 Å². The Labute approximate surface area is 498 Å². The maximum absolute atomic E-state index is 13.4. The van der Waals surface area contributed by atoms with Gasteiger partial charge in [-0.1, -0.05) is 217 Å². The number of carbonyl (C=O) groups is 1. The van der Waals surface area contributed by atoms with Crippen molar-refractivity contribution in [2.75, 3.05) is 26.4 Å². The lowest BCUT2D eigenvalue weighted by molar-refractivity contribution is -0.379. The Morgan fingerprint density at radius 3 is 1.20 bits per heavy atom. The molecule has 3 aliphatic heterocycles. The Balaban J connectivity index is 1.49. The molecule has 486 valence electrons. The van der Waals surface area contributed by atoms with Gasteiger partial charge in [-0.15, -0.1) is 0 Å². The van der Waals surface area contributed by atoms with Gasteiger partial charge in [-0.05, 0) is 44.9 Å². The van der Waals surface area contributed by atoms with Crippen molar-refractivity contribution in [3.63, 3.8) is 0 Å². The van der Waals surface area contributed by atoms with Crippen molar-refractivity contribution in [3.05, 3.63) is 36.5 Å². The summed E-state index contributed by atoms with van der Waals surface area (Å²) in [5, 5.41) is 120. The van der Waals surface area contributed by atoms with Gasteiger partial charge < -0.3 is 89.9 Å². The highest BCUT2D eigenvalue weighted by molar-refractivity contribution is 5.76. The van der Waals surface area contributed by atoms with Gasteiger partial charge in [0.1, 0.15) is 73.2 Å². The molecule has 19 heteroatoms. The normalized spacial score (nSPS) is 29.6. The number of unbranched alkanes of at least 4 members (excludes halogenated alkanes) is 29. The summed E-state index contributed by atoms with van der Waals surface area (Å²) in [6, 6.07) is -0.993. The molecule has 3 saturated heterocycles. The highest BCUT2D eigenvalue weighted by atomic mass is 16.8. The first kappa shape index (κ1) is 75.3. The minimum absolute atomic E-state index is 0.236. The summed E-state index contributed by atoms with van der Waals surface area (Å²) in [5.41, 5.74) is 0. The van der Waals surface area contributed by atoms with Gasteiger partial charge in [-0.25, -0.2) is 0 Å². The van der Waals surface area contributed by atoms with Crippen molar-refractivity contribution in [2.45, 2.75) is 336 Å². The molecule has 0 radical (unpaired) electrons. The van der Waals surface area contributed by atoms with E-state index in [-0.39, 0.29) is 18.9 Å². The van der Waals surface area contributed by atoms with Crippen molar-refractivity contribution in [1.29, 1.82) is 0 Å². The van der Waals surface area contributed by atoms with Crippen molar-refractivity contribution < 1.29 is 89.4 Å². The largest absolute Gasteiger partial charge is 0.394 e. The predicted octanol–water partition coefficient (Wildman–Crippen LogP) is 7.27. The van der Waals surface area contributed by atoms with Gasteiger partial charge in [0.05, 0.1) is 38.6 Å². The molecule has 19 nitrogen and oxygen atoms in total. The lowest BCUT2D eigenvalue weighted by Crippen LogP contribution is -2.66. The van der Waals surface area contributed by atoms with Crippen LogP contribution in [0.25, 0.3) is 0 Å². The van der Waals surface area contributed by atoms with Crippen LogP contribution in [0, 0.1) is 0 Å². The predicted molar refractivity (Wildman–Crippen MR) is 319 cm³/mol. The second kappa shape index (κ2) is 47.1. The topological polar surface area (TPSA) is 307 Å². The van der Waals surface area contributed by atoms with Crippen LogP contribution in [0.5, 0.6) is 0 Å². The molecule has 3 aliphatic rings. The Kier molecular flexibility index (Phi) is 42.7. The van der Waals surface area contributed by atoms with Gasteiger partial charge in [-0.2, -0.15) is 0 Å². The minimum Gasteiger partial charge on any atom is -0.394 e. The van der Waals surface area contributed by atoms with Crippen LogP contribution in [0.15, 0.2) is 36.5 Å². The second-order valence-electron chi connectivity index (χ2n) is 23.6. The summed E-state index contributed by atoms with van der Waals surface area (Å²) in [6.07, 6.45) is 25.5. The van der Waals surface area contributed by atoms with Gasteiger partial charge in [0, 0.05) is 6.42 Å². The van der Waals surface area contributed by atoms with Crippen molar-refractivity contribution >= 4 is 5.91 Å². The van der Waals surface area contributed by atoms with E-state index < -0.39 is 124 Å². The van der Waals surface area contributed by atoms with Gasteiger partial charge in [0.2, 0.25) is 5.91 Å². The van der Waals surface area contributed by atoms with Crippen molar-refractivity contribution in [1.82, 2.24) is 5.32 Å².